The van der Waals surface area contributed by atoms with Gasteiger partial charge in [-0.2, -0.15) is 5.26 Å². The van der Waals surface area contributed by atoms with E-state index in [1.54, 1.807) is 18.2 Å². The predicted molar refractivity (Wildman–Crippen MR) is 92.3 cm³/mol. The topological polar surface area (TPSA) is 85.2 Å². The minimum Gasteiger partial charge on any atom is -0.345 e. The molecular weight excluding hydrogens is 304 g/mol. The van der Waals surface area contributed by atoms with E-state index < -0.39 is 11.8 Å². The molecule has 1 aromatic carbocycles. The van der Waals surface area contributed by atoms with Gasteiger partial charge in [-0.15, -0.1) is 0 Å². The summed E-state index contributed by atoms with van der Waals surface area (Å²) in [5, 5.41) is 14.2. The Bertz CT molecular complexity index is 616. The molecule has 0 unspecified atom stereocenters. The van der Waals surface area contributed by atoms with Crippen molar-refractivity contribution in [3.05, 3.63) is 29.8 Å². The average molecular weight is 328 g/mol. The SMILES string of the molecule is CCCCN1CCC(NC(=O)C(=O)Nc2cccc(C#N)c2)CC1. The molecule has 2 rings (SSSR count). The summed E-state index contributed by atoms with van der Waals surface area (Å²) in [7, 11) is 0. The van der Waals surface area contributed by atoms with E-state index in [4.69, 9.17) is 5.26 Å². The summed E-state index contributed by atoms with van der Waals surface area (Å²) >= 11 is 0. The van der Waals surface area contributed by atoms with Crippen molar-refractivity contribution < 1.29 is 9.59 Å². The van der Waals surface area contributed by atoms with Gasteiger partial charge in [-0.3, -0.25) is 9.59 Å². The van der Waals surface area contributed by atoms with Crippen LogP contribution in [0.4, 0.5) is 5.69 Å². The van der Waals surface area contributed by atoms with E-state index >= 15 is 0 Å². The summed E-state index contributed by atoms with van der Waals surface area (Å²) in [6.07, 6.45) is 4.12. The number of benzene rings is 1. The Morgan fingerprint density at radius 1 is 1.29 bits per heavy atom. The normalized spacial score (nSPS) is 15.5. The zero-order chi connectivity index (χ0) is 17.4. The van der Waals surface area contributed by atoms with Crippen LogP contribution in [0.5, 0.6) is 0 Å². The minimum atomic E-state index is -0.696. The molecule has 0 radical (unpaired) electrons. The molecule has 0 bridgehead atoms. The smallest absolute Gasteiger partial charge is 0.313 e. The van der Waals surface area contributed by atoms with Crippen LogP contribution < -0.4 is 10.6 Å². The van der Waals surface area contributed by atoms with Gasteiger partial charge >= 0.3 is 11.8 Å². The van der Waals surface area contributed by atoms with Crippen LogP contribution in [0.25, 0.3) is 0 Å². The molecule has 1 saturated heterocycles. The number of nitrogens with zero attached hydrogens (tertiary/aromatic N) is 2. The number of nitriles is 1. The molecule has 1 aliphatic heterocycles. The molecular formula is C18H24N4O2. The fourth-order valence-electron chi connectivity index (χ4n) is 2.79. The number of hydrogen-bond donors (Lipinski definition) is 2. The summed E-state index contributed by atoms with van der Waals surface area (Å²) < 4.78 is 0. The monoisotopic (exact) mass is 328 g/mol. The molecule has 6 nitrogen and oxygen atoms in total. The number of nitrogens with one attached hydrogen (secondary N) is 2. The molecule has 6 heteroatoms. The fraction of sp³-hybridized carbons (Fsp3) is 0.500. The first kappa shape index (κ1) is 18.0. The van der Waals surface area contributed by atoms with Crippen LogP contribution in [0, 0.1) is 11.3 Å². The van der Waals surface area contributed by atoms with Crippen LogP contribution in [-0.4, -0.2) is 42.4 Å². The first-order chi connectivity index (χ1) is 11.6. The number of piperidine rings is 1. The zero-order valence-corrected chi connectivity index (χ0v) is 14.0. The van der Waals surface area contributed by atoms with Crippen molar-refractivity contribution in [1.82, 2.24) is 10.2 Å². The van der Waals surface area contributed by atoms with Crippen molar-refractivity contribution in [3.63, 3.8) is 0 Å². The maximum absolute atomic E-state index is 12.0. The molecule has 0 spiro atoms. The summed E-state index contributed by atoms with van der Waals surface area (Å²) in [5.74, 6) is -1.32. The number of carbonyl (C=O) groups is 2. The lowest BCUT2D eigenvalue weighted by atomic mass is 10.0. The molecule has 2 N–H and O–H groups in total. The van der Waals surface area contributed by atoms with Crippen molar-refractivity contribution in [3.8, 4) is 6.07 Å². The second-order valence-corrected chi connectivity index (χ2v) is 6.09. The first-order valence-electron chi connectivity index (χ1n) is 8.46. The largest absolute Gasteiger partial charge is 0.345 e. The van der Waals surface area contributed by atoms with Crippen LogP contribution >= 0.6 is 0 Å². The molecule has 24 heavy (non-hydrogen) atoms. The Morgan fingerprint density at radius 3 is 2.71 bits per heavy atom. The third-order valence-corrected chi connectivity index (χ3v) is 4.21. The maximum atomic E-state index is 12.0. The first-order valence-corrected chi connectivity index (χ1v) is 8.46. The molecule has 1 aliphatic rings. The molecule has 1 heterocycles. The molecule has 0 atom stereocenters. The third kappa shape index (κ3) is 5.36. The Balaban J connectivity index is 1.78. The molecule has 0 saturated carbocycles. The van der Waals surface area contributed by atoms with E-state index in [-0.39, 0.29) is 6.04 Å². The van der Waals surface area contributed by atoms with E-state index in [2.05, 4.69) is 22.5 Å². The van der Waals surface area contributed by atoms with E-state index in [0.717, 1.165) is 32.5 Å². The highest BCUT2D eigenvalue weighted by atomic mass is 16.2. The molecule has 0 aromatic heterocycles. The van der Waals surface area contributed by atoms with Gasteiger partial charge in [-0.1, -0.05) is 19.4 Å². The van der Waals surface area contributed by atoms with Crippen LogP contribution in [0.1, 0.15) is 38.2 Å². The number of carbonyl (C=O) groups excluding carboxylic acids is 2. The quantitative estimate of drug-likeness (QED) is 0.808. The average Bonchev–Trinajstić information content (AvgIpc) is 2.61. The molecule has 1 aromatic rings. The lowest BCUT2D eigenvalue weighted by Crippen LogP contribution is -2.47. The van der Waals surface area contributed by atoms with Crippen molar-refractivity contribution in [1.29, 1.82) is 5.26 Å². The van der Waals surface area contributed by atoms with E-state index in [0.29, 0.717) is 11.3 Å². The molecule has 2 amide bonds. The van der Waals surface area contributed by atoms with E-state index in [1.165, 1.54) is 18.9 Å². The number of hydrogen-bond acceptors (Lipinski definition) is 4. The Morgan fingerprint density at radius 2 is 2.04 bits per heavy atom. The molecule has 1 fully saturated rings. The van der Waals surface area contributed by atoms with E-state index in [9.17, 15) is 9.59 Å². The van der Waals surface area contributed by atoms with Crippen molar-refractivity contribution in [2.24, 2.45) is 0 Å². The van der Waals surface area contributed by atoms with Gasteiger partial charge in [0.1, 0.15) is 0 Å². The number of anilines is 1. The van der Waals surface area contributed by atoms with E-state index in [1.807, 2.05) is 6.07 Å². The highest BCUT2D eigenvalue weighted by Gasteiger charge is 2.23. The zero-order valence-electron chi connectivity index (χ0n) is 14.0. The number of amides is 2. The highest BCUT2D eigenvalue weighted by Crippen LogP contribution is 2.12. The van der Waals surface area contributed by atoms with Gasteiger partial charge in [-0.25, -0.2) is 0 Å². The standard InChI is InChI=1S/C18H24N4O2/c1-2-3-9-22-10-7-15(8-11-22)20-17(23)18(24)21-16-6-4-5-14(12-16)13-19/h4-6,12,15H,2-3,7-11H2,1H3,(H,20,23)(H,21,24). The van der Waals surface area contributed by atoms with Gasteiger partial charge in [0.05, 0.1) is 11.6 Å². The van der Waals surface area contributed by atoms with Crippen LogP contribution in [0.15, 0.2) is 24.3 Å². The lowest BCUT2D eigenvalue weighted by molar-refractivity contribution is -0.136. The minimum absolute atomic E-state index is 0.0477. The van der Waals surface area contributed by atoms with Crippen LogP contribution in [0.3, 0.4) is 0 Å². The summed E-state index contributed by atoms with van der Waals surface area (Å²) in [6.45, 7) is 5.19. The van der Waals surface area contributed by atoms with Gasteiger partial charge in [0.15, 0.2) is 0 Å². The Hall–Kier alpha value is -2.39. The van der Waals surface area contributed by atoms with Gasteiger partial charge in [0, 0.05) is 24.8 Å². The lowest BCUT2D eigenvalue weighted by Gasteiger charge is -2.32. The third-order valence-electron chi connectivity index (χ3n) is 4.21. The summed E-state index contributed by atoms with van der Waals surface area (Å²) in [6, 6.07) is 8.54. The number of rotatable bonds is 5. The van der Waals surface area contributed by atoms with Gasteiger partial charge in [0.25, 0.3) is 0 Å². The number of likely N-dealkylation sites (tertiary alicyclic amines) is 1. The molecule has 0 aliphatic carbocycles. The highest BCUT2D eigenvalue weighted by molar-refractivity contribution is 6.39. The van der Waals surface area contributed by atoms with Gasteiger partial charge in [0.2, 0.25) is 0 Å². The van der Waals surface area contributed by atoms with Crippen LogP contribution in [-0.2, 0) is 9.59 Å². The van der Waals surface area contributed by atoms with Crippen LogP contribution in [0.2, 0.25) is 0 Å². The summed E-state index contributed by atoms with van der Waals surface area (Å²) in [4.78, 5) is 26.4. The Kier molecular flexibility index (Phi) is 6.76. The predicted octanol–water partition coefficient (Wildman–Crippen LogP) is 1.88. The van der Waals surface area contributed by atoms with Crippen molar-refractivity contribution in [2.75, 3.05) is 25.0 Å². The summed E-state index contributed by atoms with van der Waals surface area (Å²) in [5.41, 5.74) is 0.885. The van der Waals surface area contributed by atoms with Gasteiger partial charge < -0.3 is 15.5 Å². The van der Waals surface area contributed by atoms with Crippen molar-refractivity contribution >= 4 is 17.5 Å². The number of unbranched alkanes of at least 4 members (excludes halogenated alkanes) is 1. The second-order valence-electron chi connectivity index (χ2n) is 6.09. The van der Waals surface area contributed by atoms with Crippen molar-refractivity contribution in [2.45, 2.75) is 38.6 Å². The second kappa shape index (κ2) is 9.04. The van der Waals surface area contributed by atoms with Gasteiger partial charge in [-0.05, 0) is 44.0 Å². The molecule has 128 valence electrons. The maximum Gasteiger partial charge on any atom is 0.313 e. The fourth-order valence-corrected chi connectivity index (χ4v) is 2.79. The Labute approximate surface area is 142 Å².